The van der Waals surface area contributed by atoms with Crippen molar-refractivity contribution in [3.8, 4) is 0 Å². The van der Waals surface area contributed by atoms with Crippen molar-refractivity contribution in [2.75, 3.05) is 46.0 Å². The van der Waals surface area contributed by atoms with Crippen molar-refractivity contribution in [3.05, 3.63) is 0 Å². The predicted molar refractivity (Wildman–Crippen MR) is 75.3 cm³/mol. The second kappa shape index (κ2) is 9.72. The minimum Gasteiger partial charge on any atom is -0.466 e. The molecule has 1 saturated heterocycles. The van der Waals surface area contributed by atoms with Crippen LogP contribution in [0, 0.1) is 5.92 Å². The molecule has 6 heteroatoms. The Kier molecular flexibility index (Phi) is 8.22. The fourth-order valence-corrected chi connectivity index (χ4v) is 2.20. The summed E-state index contributed by atoms with van der Waals surface area (Å²) < 4.78 is 10.3. The summed E-state index contributed by atoms with van der Waals surface area (Å²) in [6.45, 7) is 7.79. The van der Waals surface area contributed by atoms with Gasteiger partial charge < -0.3 is 19.7 Å². The third-order valence-electron chi connectivity index (χ3n) is 3.37. The predicted octanol–water partition coefficient (Wildman–Crippen LogP) is 0.414. The lowest BCUT2D eigenvalue weighted by Crippen LogP contribution is -2.42. The number of hydrogen-bond donors (Lipinski definition) is 1. The van der Waals surface area contributed by atoms with Crippen molar-refractivity contribution in [1.29, 1.82) is 0 Å². The molecule has 1 N–H and O–H groups in total. The smallest absolute Gasteiger partial charge is 0.309 e. The van der Waals surface area contributed by atoms with Crippen LogP contribution in [-0.4, -0.2) is 62.8 Å². The minimum atomic E-state index is -0.138. The Balaban J connectivity index is 2.17. The molecule has 0 saturated carbocycles. The SMILES string of the molecule is CCNCCOCC(=O)N1CCC(C(=O)OCC)CC1. The number of hydrogen-bond acceptors (Lipinski definition) is 5. The molecule has 0 atom stereocenters. The van der Waals surface area contributed by atoms with Gasteiger partial charge in [0, 0.05) is 19.6 Å². The monoisotopic (exact) mass is 286 g/mol. The van der Waals surface area contributed by atoms with E-state index in [1.54, 1.807) is 11.8 Å². The first-order valence-electron chi connectivity index (χ1n) is 7.41. The van der Waals surface area contributed by atoms with Crippen molar-refractivity contribution < 1.29 is 19.1 Å². The van der Waals surface area contributed by atoms with E-state index in [-0.39, 0.29) is 24.4 Å². The van der Waals surface area contributed by atoms with Crippen LogP contribution >= 0.6 is 0 Å². The Bertz CT molecular complexity index is 302. The molecule has 0 unspecified atom stereocenters. The van der Waals surface area contributed by atoms with Gasteiger partial charge in [0.15, 0.2) is 0 Å². The van der Waals surface area contributed by atoms with Gasteiger partial charge in [-0.3, -0.25) is 9.59 Å². The van der Waals surface area contributed by atoms with E-state index >= 15 is 0 Å². The Morgan fingerprint density at radius 3 is 2.55 bits per heavy atom. The van der Waals surface area contributed by atoms with Crippen molar-refractivity contribution in [3.63, 3.8) is 0 Å². The highest BCUT2D eigenvalue weighted by atomic mass is 16.5. The molecule has 0 aromatic carbocycles. The summed E-state index contributed by atoms with van der Waals surface area (Å²) in [4.78, 5) is 25.3. The molecule has 1 aliphatic heterocycles. The van der Waals surface area contributed by atoms with E-state index in [1.165, 1.54) is 0 Å². The van der Waals surface area contributed by atoms with Crippen LogP contribution in [0.1, 0.15) is 26.7 Å². The molecule has 0 spiro atoms. The second-order valence-electron chi connectivity index (χ2n) is 4.81. The van der Waals surface area contributed by atoms with E-state index in [0.717, 1.165) is 13.1 Å². The summed E-state index contributed by atoms with van der Waals surface area (Å²) >= 11 is 0. The number of carbonyl (C=O) groups is 2. The molecule has 0 aliphatic carbocycles. The average Bonchev–Trinajstić information content (AvgIpc) is 2.47. The summed E-state index contributed by atoms with van der Waals surface area (Å²) in [5.74, 6) is -0.195. The van der Waals surface area contributed by atoms with E-state index in [0.29, 0.717) is 39.1 Å². The molecule has 1 rings (SSSR count). The van der Waals surface area contributed by atoms with Crippen LogP contribution in [0.25, 0.3) is 0 Å². The van der Waals surface area contributed by atoms with E-state index < -0.39 is 0 Å². The van der Waals surface area contributed by atoms with Crippen LogP contribution in [0.15, 0.2) is 0 Å². The molecule has 1 heterocycles. The Morgan fingerprint density at radius 2 is 1.95 bits per heavy atom. The van der Waals surface area contributed by atoms with Crippen molar-refractivity contribution in [2.24, 2.45) is 5.92 Å². The van der Waals surface area contributed by atoms with Crippen LogP contribution in [0.3, 0.4) is 0 Å². The van der Waals surface area contributed by atoms with Crippen molar-refractivity contribution in [2.45, 2.75) is 26.7 Å². The van der Waals surface area contributed by atoms with Gasteiger partial charge in [-0.25, -0.2) is 0 Å². The molecule has 20 heavy (non-hydrogen) atoms. The van der Waals surface area contributed by atoms with Crippen LogP contribution in [0.4, 0.5) is 0 Å². The summed E-state index contributed by atoms with van der Waals surface area (Å²) in [5.41, 5.74) is 0. The number of likely N-dealkylation sites (tertiary alicyclic amines) is 1. The third-order valence-corrected chi connectivity index (χ3v) is 3.37. The Labute approximate surface area is 120 Å². The molecule has 1 fully saturated rings. The number of nitrogens with one attached hydrogen (secondary N) is 1. The van der Waals surface area contributed by atoms with Crippen molar-refractivity contribution >= 4 is 11.9 Å². The second-order valence-corrected chi connectivity index (χ2v) is 4.81. The molecule has 0 aromatic heterocycles. The normalized spacial score (nSPS) is 16.2. The van der Waals surface area contributed by atoms with Gasteiger partial charge in [-0.05, 0) is 26.3 Å². The molecular weight excluding hydrogens is 260 g/mol. The summed E-state index contributed by atoms with van der Waals surface area (Å²) in [7, 11) is 0. The van der Waals surface area contributed by atoms with Gasteiger partial charge >= 0.3 is 5.97 Å². The standard InChI is InChI=1S/C14H26N2O4/c1-3-15-7-10-19-11-13(17)16-8-5-12(6-9-16)14(18)20-4-2/h12,15H,3-11H2,1-2H3. The zero-order chi connectivity index (χ0) is 14.8. The van der Waals surface area contributed by atoms with E-state index in [1.807, 2.05) is 6.92 Å². The van der Waals surface area contributed by atoms with E-state index in [9.17, 15) is 9.59 Å². The quantitative estimate of drug-likeness (QED) is 0.517. The number of esters is 1. The average molecular weight is 286 g/mol. The number of ether oxygens (including phenoxy) is 2. The van der Waals surface area contributed by atoms with E-state index in [2.05, 4.69) is 5.32 Å². The first-order chi connectivity index (χ1) is 9.69. The lowest BCUT2D eigenvalue weighted by molar-refractivity contribution is -0.151. The molecule has 6 nitrogen and oxygen atoms in total. The number of piperidine rings is 1. The van der Waals surface area contributed by atoms with Gasteiger partial charge in [0.05, 0.1) is 19.1 Å². The fourth-order valence-electron chi connectivity index (χ4n) is 2.20. The molecule has 1 aliphatic rings. The highest BCUT2D eigenvalue weighted by molar-refractivity contribution is 5.78. The van der Waals surface area contributed by atoms with Gasteiger partial charge in [0.1, 0.15) is 6.61 Å². The molecule has 0 aromatic rings. The Hall–Kier alpha value is -1.14. The fraction of sp³-hybridized carbons (Fsp3) is 0.857. The van der Waals surface area contributed by atoms with Gasteiger partial charge in [-0.15, -0.1) is 0 Å². The summed E-state index contributed by atoms with van der Waals surface area (Å²) in [6.07, 6.45) is 1.37. The molecule has 0 radical (unpaired) electrons. The maximum Gasteiger partial charge on any atom is 0.309 e. The maximum absolute atomic E-state index is 11.9. The highest BCUT2D eigenvalue weighted by Gasteiger charge is 2.27. The number of carbonyl (C=O) groups excluding carboxylic acids is 2. The van der Waals surface area contributed by atoms with Crippen LogP contribution < -0.4 is 5.32 Å². The first kappa shape index (κ1) is 16.9. The summed E-state index contributed by atoms with van der Waals surface area (Å²) in [6, 6.07) is 0. The highest BCUT2D eigenvalue weighted by Crippen LogP contribution is 2.18. The molecular formula is C14H26N2O4. The van der Waals surface area contributed by atoms with Crippen molar-refractivity contribution in [1.82, 2.24) is 10.2 Å². The molecule has 116 valence electrons. The lowest BCUT2D eigenvalue weighted by atomic mass is 9.97. The number of nitrogens with zero attached hydrogens (tertiary/aromatic N) is 1. The largest absolute Gasteiger partial charge is 0.466 e. The first-order valence-corrected chi connectivity index (χ1v) is 7.41. The third kappa shape index (κ3) is 5.88. The molecule has 0 bridgehead atoms. The maximum atomic E-state index is 11.9. The zero-order valence-electron chi connectivity index (χ0n) is 12.5. The van der Waals surface area contributed by atoms with E-state index in [4.69, 9.17) is 9.47 Å². The minimum absolute atomic E-state index is 0.00353. The lowest BCUT2D eigenvalue weighted by Gasteiger charge is -2.30. The van der Waals surface area contributed by atoms with Crippen LogP contribution in [0.2, 0.25) is 0 Å². The zero-order valence-corrected chi connectivity index (χ0v) is 12.5. The van der Waals surface area contributed by atoms with Gasteiger partial charge in [0.25, 0.3) is 0 Å². The number of rotatable bonds is 8. The summed E-state index contributed by atoms with van der Waals surface area (Å²) in [5, 5.41) is 3.13. The molecule has 1 amide bonds. The Morgan fingerprint density at radius 1 is 1.25 bits per heavy atom. The number of likely N-dealkylation sites (N-methyl/N-ethyl adjacent to an activating group) is 1. The van der Waals surface area contributed by atoms with Gasteiger partial charge in [0.2, 0.25) is 5.91 Å². The van der Waals surface area contributed by atoms with Gasteiger partial charge in [-0.1, -0.05) is 6.92 Å². The van der Waals surface area contributed by atoms with Gasteiger partial charge in [-0.2, -0.15) is 0 Å². The van der Waals surface area contributed by atoms with Crippen LogP contribution in [0.5, 0.6) is 0 Å². The number of amides is 1. The topological polar surface area (TPSA) is 67.9 Å². The van der Waals surface area contributed by atoms with Crippen LogP contribution in [-0.2, 0) is 19.1 Å².